The molecule has 1 heterocycles. The fourth-order valence-electron chi connectivity index (χ4n) is 4.93. The van der Waals surface area contributed by atoms with Gasteiger partial charge in [0.25, 0.3) is 0 Å². The highest BCUT2D eigenvalue weighted by Crippen LogP contribution is 2.33. The highest BCUT2D eigenvalue weighted by Gasteiger charge is 2.45. The lowest BCUT2D eigenvalue weighted by Gasteiger charge is -2.39. The smallest absolute Gasteiger partial charge is 0.195 e. The molecule has 7 unspecified atom stereocenters. The zero-order valence-corrected chi connectivity index (χ0v) is 18.9. The van der Waals surface area contributed by atoms with Crippen molar-refractivity contribution in [3.05, 3.63) is 18.5 Å². The number of hydrogen-bond acceptors (Lipinski definition) is 7. The van der Waals surface area contributed by atoms with Crippen molar-refractivity contribution >= 4 is 17.2 Å². The summed E-state index contributed by atoms with van der Waals surface area (Å²) in [5, 5.41) is 3.94. The Balaban J connectivity index is 1.71. The molecule has 170 valence electrons. The van der Waals surface area contributed by atoms with Crippen LogP contribution in [0.1, 0.15) is 32.1 Å². The monoisotopic (exact) mass is 441 g/mol. The minimum absolute atomic E-state index is 0.169. The Kier molecular flexibility index (Phi) is 8.55. The molecule has 7 atom stereocenters. The summed E-state index contributed by atoms with van der Waals surface area (Å²) in [7, 11) is 4.93. The van der Waals surface area contributed by atoms with E-state index in [4.69, 9.17) is 25.7 Å². The highest BCUT2D eigenvalue weighted by atomic mass is 32.2. The van der Waals surface area contributed by atoms with E-state index in [-0.39, 0.29) is 35.5 Å². The number of amidine groups is 1. The molecule has 2 aliphatic carbocycles. The molecule has 2 aliphatic rings. The predicted octanol–water partition coefficient (Wildman–Crippen LogP) is 0.855. The minimum atomic E-state index is -1.58. The molecule has 0 bridgehead atoms. The molecule has 30 heavy (non-hydrogen) atoms. The van der Waals surface area contributed by atoms with Crippen LogP contribution in [-0.2, 0) is 32.1 Å². The standard InChI is InChI=1S/C20H35N5O4S/c1-27-15-6-4-7-16(28-2)19(15)30(26)24-20(22)18-14(21)10-13(11-17(18)29-3)12-25-9-5-8-23-25/h5,8-9,13-19H,4,6-7,10-12,21H2,1-3H3,(H2,22,24). The lowest BCUT2D eigenvalue weighted by Crippen LogP contribution is -2.53. The molecule has 0 amide bonds. The molecule has 1 aromatic rings. The summed E-state index contributed by atoms with van der Waals surface area (Å²) in [5.41, 5.74) is 12.9. The summed E-state index contributed by atoms with van der Waals surface area (Å²) in [5.74, 6) is 0.340. The SMILES string of the molecule is COC1CC(Cn2cccn2)CC(N)C1C(N)=N[S+]([O-])C1C(OC)CCCC1OC. The number of nitrogens with zero attached hydrogens (tertiary/aromatic N) is 3. The van der Waals surface area contributed by atoms with E-state index in [1.165, 1.54) is 0 Å². The molecule has 0 radical (unpaired) electrons. The topological polar surface area (TPSA) is 133 Å². The van der Waals surface area contributed by atoms with Crippen LogP contribution < -0.4 is 11.5 Å². The third-order valence-corrected chi connectivity index (χ3v) is 7.89. The van der Waals surface area contributed by atoms with Crippen molar-refractivity contribution in [3.63, 3.8) is 0 Å². The van der Waals surface area contributed by atoms with Gasteiger partial charge in [-0.15, -0.1) is 0 Å². The third-order valence-electron chi connectivity index (χ3n) is 6.43. The van der Waals surface area contributed by atoms with Gasteiger partial charge in [-0.25, -0.2) is 0 Å². The average molecular weight is 442 g/mol. The summed E-state index contributed by atoms with van der Waals surface area (Å²) >= 11 is -1.58. The van der Waals surface area contributed by atoms with Crippen LogP contribution in [0.3, 0.4) is 0 Å². The zero-order valence-electron chi connectivity index (χ0n) is 18.1. The number of methoxy groups -OCH3 is 3. The Hall–Kier alpha value is -1.17. The molecule has 2 saturated carbocycles. The van der Waals surface area contributed by atoms with E-state index in [1.807, 2.05) is 16.9 Å². The number of aromatic nitrogens is 2. The second-order valence-electron chi connectivity index (χ2n) is 8.27. The average Bonchev–Trinajstić information content (AvgIpc) is 3.25. The van der Waals surface area contributed by atoms with Crippen molar-refractivity contribution in [2.45, 2.75) is 68.3 Å². The number of ether oxygens (including phenoxy) is 3. The van der Waals surface area contributed by atoms with Gasteiger partial charge in [-0.1, -0.05) is 0 Å². The van der Waals surface area contributed by atoms with Crippen molar-refractivity contribution in [1.82, 2.24) is 9.78 Å². The van der Waals surface area contributed by atoms with Gasteiger partial charge in [0.15, 0.2) is 11.1 Å². The summed E-state index contributed by atoms with van der Waals surface area (Å²) in [6.07, 6.45) is 7.41. The quantitative estimate of drug-likeness (QED) is 0.347. The molecule has 4 N–H and O–H groups in total. The normalized spacial score (nSPS) is 36.6. The molecular weight excluding hydrogens is 406 g/mol. The van der Waals surface area contributed by atoms with Crippen LogP contribution in [0.15, 0.2) is 22.9 Å². The zero-order chi connectivity index (χ0) is 21.7. The second kappa shape index (κ2) is 10.9. The molecule has 0 saturated heterocycles. The minimum Gasteiger partial charge on any atom is -0.591 e. The predicted molar refractivity (Wildman–Crippen MR) is 116 cm³/mol. The highest BCUT2D eigenvalue weighted by molar-refractivity contribution is 7.91. The summed E-state index contributed by atoms with van der Waals surface area (Å²) in [6.45, 7) is 0.781. The maximum absolute atomic E-state index is 13.2. The first-order valence-corrected chi connectivity index (χ1v) is 11.7. The van der Waals surface area contributed by atoms with Gasteiger partial charge < -0.3 is 30.2 Å². The van der Waals surface area contributed by atoms with Crippen LogP contribution in [0.25, 0.3) is 0 Å². The molecule has 0 aromatic carbocycles. The molecular formula is C20H35N5O4S. The fourth-order valence-corrected chi connectivity index (χ4v) is 6.40. The van der Waals surface area contributed by atoms with Gasteiger partial charge in [-0.05, 0) is 48.5 Å². The largest absolute Gasteiger partial charge is 0.591 e. The number of hydrogen-bond donors (Lipinski definition) is 2. The first-order chi connectivity index (χ1) is 14.5. The van der Waals surface area contributed by atoms with E-state index < -0.39 is 11.4 Å². The number of rotatable bonds is 8. The Morgan fingerprint density at radius 2 is 1.83 bits per heavy atom. The molecule has 9 nitrogen and oxygen atoms in total. The molecule has 0 aliphatic heterocycles. The van der Waals surface area contributed by atoms with Crippen LogP contribution in [0.2, 0.25) is 0 Å². The van der Waals surface area contributed by atoms with Gasteiger partial charge in [0, 0.05) is 46.3 Å². The second-order valence-corrected chi connectivity index (χ2v) is 9.54. The maximum atomic E-state index is 13.2. The van der Waals surface area contributed by atoms with Crippen LogP contribution in [0.4, 0.5) is 0 Å². The van der Waals surface area contributed by atoms with Gasteiger partial charge in [0.05, 0.1) is 12.0 Å². The Bertz CT molecular complexity index is 664. The van der Waals surface area contributed by atoms with E-state index in [0.717, 1.165) is 38.6 Å². The van der Waals surface area contributed by atoms with E-state index >= 15 is 0 Å². The van der Waals surface area contributed by atoms with Crippen LogP contribution in [-0.4, -0.2) is 71.1 Å². The Morgan fingerprint density at radius 1 is 1.17 bits per heavy atom. The molecule has 0 spiro atoms. The molecule has 1 aromatic heterocycles. The van der Waals surface area contributed by atoms with Crippen LogP contribution in [0.5, 0.6) is 0 Å². The van der Waals surface area contributed by atoms with Gasteiger partial charge in [-0.3, -0.25) is 4.68 Å². The Morgan fingerprint density at radius 3 is 2.40 bits per heavy atom. The van der Waals surface area contributed by atoms with Crippen LogP contribution >= 0.6 is 0 Å². The first kappa shape index (κ1) is 23.5. The lowest BCUT2D eigenvalue weighted by atomic mass is 9.76. The van der Waals surface area contributed by atoms with E-state index in [2.05, 4.69) is 9.50 Å². The number of nitrogens with two attached hydrogens (primary N) is 2. The van der Waals surface area contributed by atoms with Gasteiger partial charge in [0.2, 0.25) is 0 Å². The van der Waals surface area contributed by atoms with E-state index in [0.29, 0.717) is 11.8 Å². The van der Waals surface area contributed by atoms with Gasteiger partial charge in [-0.2, -0.15) is 5.10 Å². The molecule has 3 rings (SSSR count). The van der Waals surface area contributed by atoms with Crippen molar-refractivity contribution < 1.29 is 18.8 Å². The summed E-state index contributed by atoms with van der Waals surface area (Å²) in [4.78, 5) is 0. The first-order valence-electron chi connectivity index (χ1n) is 10.5. The maximum Gasteiger partial charge on any atom is 0.195 e. The van der Waals surface area contributed by atoms with Gasteiger partial charge >= 0.3 is 0 Å². The van der Waals surface area contributed by atoms with E-state index in [9.17, 15) is 4.55 Å². The van der Waals surface area contributed by atoms with Crippen molar-refractivity contribution in [3.8, 4) is 0 Å². The van der Waals surface area contributed by atoms with Crippen LogP contribution in [0, 0.1) is 11.8 Å². The lowest BCUT2D eigenvalue weighted by molar-refractivity contribution is -0.00511. The van der Waals surface area contributed by atoms with Crippen molar-refractivity contribution in [2.24, 2.45) is 27.7 Å². The van der Waals surface area contributed by atoms with Crippen molar-refractivity contribution in [2.75, 3.05) is 21.3 Å². The summed E-state index contributed by atoms with van der Waals surface area (Å²) < 4.78 is 36.3. The van der Waals surface area contributed by atoms with Crippen molar-refractivity contribution in [1.29, 1.82) is 0 Å². The van der Waals surface area contributed by atoms with E-state index in [1.54, 1.807) is 27.5 Å². The summed E-state index contributed by atoms with van der Waals surface area (Å²) in [6, 6.07) is 1.68. The third kappa shape index (κ3) is 5.35. The molecule has 10 heteroatoms. The Labute approximate surface area is 181 Å². The fraction of sp³-hybridized carbons (Fsp3) is 0.800. The molecule has 2 fully saturated rings. The van der Waals surface area contributed by atoms with Gasteiger partial charge in [0.1, 0.15) is 23.6 Å².